The van der Waals surface area contributed by atoms with Crippen molar-refractivity contribution in [1.82, 2.24) is 14.8 Å². The lowest BCUT2D eigenvalue weighted by Gasteiger charge is -2.27. The lowest BCUT2D eigenvalue weighted by atomic mass is 9.99. The predicted octanol–water partition coefficient (Wildman–Crippen LogP) is 2.66. The first kappa shape index (κ1) is 14.1. The fourth-order valence-corrected chi connectivity index (χ4v) is 3.45. The normalized spacial score (nSPS) is 22.8. The molecule has 0 aromatic carbocycles. The fraction of sp³-hybridized carbons (Fsp3) is 0.667. The minimum Gasteiger partial charge on any atom is -0.340 e. The van der Waals surface area contributed by atoms with Crippen molar-refractivity contribution in [2.75, 3.05) is 26.7 Å². The molecule has 2 aliphatic rings. The van der Waals surface area contributed by atoms with Gasteiger partial charge in [-0.2, -0.15) is 0 Å². The first-order valence-electron chi connectivity index (χ1n) is 7.48. The van der Waals surface area contributed by atoms with E-state index < -0.39 is 0 Å². The van der Waals surface area contributed by atoms with Crippen LogP contribution in [-0.2, 0) is 0 Å². The van der Waals surface area contributed by atoms with Crippen LogP contribution in [0, 0.1) is 5.92 Å². The highest BCUT2D eigenvalue weighted by Gasteiger charge is 2.29. The quantitative estimate of drug-likeness (QED) is 0.915. The SMILES string of the molecule is CN(CC1CCCNC1)C(=O)c1cc(Br)cn1C1CC1. The number of piperidine rings is 1. The zero-order valence-corrected chi connectivity index (χ0v) is 13.5. The second-order valence-electron chi connectivity index (χ2n) is 6.08. The zero-order chi connectivity index (χ0) is 14.1. The number of nitrogens with one attached hydrogen (secondary N) is 1. The van der Waals surface area contributed by atoms with Crippen molar-refractivity contribution in [3.63, 3.8) is 0 Å². The highest BCUT2D eigenvalue weighted by Crippen LogP contribution is 2.37. The summed E-state index contributed by atoms with van der Waals surface area (Å²) in [6.45, 7) is 3.00. The molecule has 1 saturated heterocycles. The van der Waals surface area contributed by atoms with Crippen LogP contribution in [0.4, 0.5) is 0 Å². The fourth-order valence-electron chi connectivity index (χ4n) is 3.02. The summed E-state index contributed by atoms with van der Waals surface area (Å²) in [5, 5.41) is 3.41. The van der Waals surface area contributed by atoms with Gasteiger partial charge in [-0.25, -0.2) is 0 Å². The van der Waals surface area contributed by atoms with E-state index in [1.54, 1.807) is 0 Å². The summed E-state index contributed by atoms with van der Waals surface area (Å²) < 4.78 is 3.14. The van der Waals surface area contributed by atoms with Gasteiger partial charge in [-0.15, -0.1) is 0 Å². The molecule has 3 rings (SSSR count). The Labute approximate surface area is 128 Å². The van der Waals surface area contributed by atoms with Gasteiger partial charge < -0.3 is 14.8 Å². The Morgan fingerprint density at radius 2 is 2.30 bits per heavy atom. The number of carbonyl (C=O) groups is 1. The lowest BCUT2D eigenvalue weighted by Crippen LogP contribution is -2.39. The third kappa shape index (κ3) is 3.09. The van der Waals surface area contributed by atoms with Crippen LogP contribution < -0.4 is 5.32 Å². The van der Waals surface area contributed by atoms with Gasteiger partial charge in [0.15, 0.2) is 0 Å². The number of rotatable bonds is 4. The molecular weight excluding hydrogens is 318 g/mol. The van der Waals surface area contributed by atoms with Gasteiger partial charge in [0.2, 0.25) is 0 Å². The molecule has 1 atom stereocenters. The maximum absolute atomic E-state index is 12.6. The van der Waals surface area contributed by atoms with E-state index in [2.05, 4.69) is 25.8 Å². The highest BCUT2D eigenvalue weighted by atomic mass is 79.9. The molecule has 0 radical (unpaired) electrons. The summed E-state index contributed by atoms with van der Waals surface area (Å²) in [5.74, 6) is 0.735. The van der Waals surface area contributed by atoms with Crippen LogP contribution in [0.3, 0.4) is 0 Å². The van der Waals surface area contributed by atoms with Crippen LogP contribution in [0.25, 0.3) is 0 Å². The van der Waals surface area contributed by atoms with Gasteiger partial charge in [-0.1, -0.05) is 0 Å². The number of hydrogen-bond donors (Lipinski definition) is 1. The largest absolute Gasteiger partial charge is 0.340 e. The van der Waals surface area contributed by atoms with Crippen molar-refractivity contribution in [1.29, 1.82) is 0 Å². The van der Waals surface area contributed by atoms with E-state index >= 15 is 0 Å². The van der Waals surface area contributed by atoms with Crippen LogP contribution in [0.15, 0.2) is 16.7 Å². The number of halogens is 1. The molecule has 1 saturated carbocycles. The molecule has 0 spiro atoms. The average Bonchev–Trinajstić information content (AvgIpc) is 3.22. The predicted molar refractivity (Wildman–Crippen MR) is 83.0 cm³/mol. The van der Waals surface area contributed by atoms with Gasteiger partial charge in [0.05, 0.1) is 0 Å². The van der Waals surface area contributed by atoms with E-state index in [1.807, 2.05) is 24.2 Å². The van der Waals surface area contributed by atoms with Crippen molar-refractivity contribution in [2.24, 2.45) is 5.92 Å². The van der Waals surface area contributed by atoms with Crippen LogP contribution >= 0.6 is 15.9 Å². The van der Waals surface area contributed by atoms with Crippen molar-refractivity contribution < 1.29 is 4.79 Å². The van der Waals surface area contributed by atoms with E-state index in [4.69, 9.17) is 0 Å². The van der Waals surface area contributed by atoms with E-state index in [0.717, 1.165) is 29.8 Å². The van der Waals surface area contributed by atoms with Crippen molar-refractivity contribution in [3.8, 4) is 0 Å². The molecule has 110 valence electrons. The van der Waals surface area contributed by atoms with Gasteiger partial charge >= 0.3 is 0 Å². The first-order valence-corrected chi connectivity index (χ1v) is 8.28. The monoisotopic (exact) mass is 339 g/mol. The maximum Gasteiger partial charge on any atom is 0.270 e. The molecular formula is C15H22BrN3O. The zero-order valence-electron chi connectivity index (χ0n) is 11.9. The summed E-state index contributed by atoms with van der Waals surface area (Å²) in [6.07, 6.45) is 6.87. The Morgan fingerprint density at radius 3 is 2.95 bits per heavy atom. The minimum absolute atomic E-state index is 0.146. The molecule has 1 N–H and O–H groups in total. The van der Waals surface area contributed by atoms with Crippen LogP contribution in [0.5, 0.6) is 0 Å². The topological polar surface area (TPSA) is 37.3 Å². The number of aromatic nitrogens is 1. The summed E-state index contributed by atoms with van der Waals surface area (Å²) in [6, 6.07) is 2.49. The molecule has 1 aromatic rings. The number of hydrogen-bond acceptors (Lipinski definition) is 2. The first-order chi connectivity index (χ1) is 9.65. The second-order valence-corrected chi connectivity index (χ2v) is 7.00. The second kappa shape index (κ2) is 5.90. The molecule has 5 heteroatoms. The maximum atomic E-state index is 12.6. The van der Waals surface area contributed by atoms with Gasteiger partial charge in [-0.3, -0.25) is 4.79 Å². The Balaban J connectivity index is 1.68. The molecule has 4 nitrogen and oxygen atoms in total. The van der Waals surface area contributed by atoms with E-state index in [9.17, 15) is 4.79 Å². The summed E-state index contributed by atoms with van der Waals surface area (Å²) in [7, 11) is 1.93. The Hall–Kier alpha value is -0.810. The lowest BCUT2D eigenvalue weighted by molar-refractivity contribution is 0.0754. The van der Waals surface area contributed by atoms with Gasteiger partial charge in [0, 0.05) is 30.3 Å². The third-order valence-electron chi connectivity index (χ3n) is 4.25. The Morgan fingerprint density at radius 1 is 1.50 bits per heavy atom. The molecule has 1 aliphatic heterocycles. The van der Waals surface area contributed by atoms with Crippen LogP contribution in [0.2, 0.25) is 0 Å². The third-order valence-corrected chi connectivity index (χ3v) is 4.69. The number of carbonyl (C=O) groups excluding carboxylic acids is 1. The molecule has 20 heavy (non-hydrogen) atoms. The number of amides is 1. The molecule has 2 fully saturated rings. The summed E-state index contributed by atoms with van der Waals surface area (Å²) in [4.78, 5) is 14.5. The Kier molecular flexibility index (Phi) is 4.17. The standard InChI is InChI=1S/C15H22BrN3O/c1-18(9-11-3-2-6-17-8-11)15(20)14-7-12(16)10-19(14)13-4-5-13/h7,10-11,13,17H,2-6,8-9H2,1H3. The Bertz CT molecular complexity index is 489. The molecule has 0 bridgehead atoms. The average molecular weight is 340 g/mol. The summed E-state index contributed by atoms with van der Waals surface area (Å²) >= 11 is 3.49. The van der Waals surface area contributed by atoms with Gasteiger partial charge in [-0.05, 0) is 66.7 Å². The van der Waals surface area contributed by atoms with E-state index in [1.165, 1.54) is 25.7 Å². The molecule has 1 amide bonds. The molecule has 1 unspecified atom stereocenters. The van der Waals surface area contributed by atoms with Crippen molar-refractivity contribution >= 4 is 21.8 Å². The summed E-state index contributed by atoms with van der Waals surface area (Å²) in [5.41, 5.74) is 0.825. The van der Waals surface area contributed by atoms with E-state index in [0.29, 0.717) is 12.0 Å². The molecule has 2 heterocycles. The molecule has 1 aliphatic carbocycles. The molecule has 1 aromatic heterocycles. The van der Waals surface area contributed by atoms with Crippen LogP contribution in [-0.4, -0.2) is 42.1 Å². The van der Waals surface area contributed by atoms with Crippen molar-refractivity contribution in [2.45, 2.75) is 31.7 Å². The van der Waals surface area contributed by atoms with Crippen LogP contribution in [0.1, 0.15) is 42.2 Å². The smallest absolute Gasteiger partial charge is 0.270 e. The van der Waals surface area contributed by atoms with Gasteiger partial charge in [0.1, 0.15) is 5.69 Å². The minimum atomic E-state index is 0.146. The van der Waals surface area contributed by atoms with Gasteiger partial charge in [0.25, 0.3) is 5.91 Å². The number of nitrogens with zero attached hydrogens (tertiary/aromatic N) is 2. The van der Waals surface area contributed by atoms with Crippen molar-refractivity contribution in [3.05, 3.63) is 22.4 Å². The highest BCUT2D eigenvalue weighted by molar-refractivity contribution is 9.10. The van der Waals surface area contributed by atoms with E-state index in [-0.39, 0.29) is 5.91 Å².